The van der Waals surface area contributed by atoms with E-state index < -0.39 is 0 Å². The number of nitrogens with one attached hydrogen (secondary N) is 1. The minimum Gasteiger partial charge on any atom is -0.309 e. The molecule has 0 unspecified atom stereocenters. The Balaban J connectivity index is 2.64. The Kier molecular flexibility index (Phi) is 2.74. The third-order valence-corrected chi connectivity index (χ3v) is 1.39. The second kappa shape index (κ2) is 3.80. The topological polar surface area (TPSA) is 54.9 Å². The monoisotopic (exact) mass is 165 g/mol. The van der Waals surface area contributed by atoms with Gasteiger partial charge < -0.3 is 5.32 Å². The quantitative estimate of drug-likeness (QED) is 0.714. The zero-order valence-electron chi connectivity index (χ0n) is 7.16. The van der Waals surface area contributed by atoms with Crippen molar-refractivity contribution in [2.45, 2.75) is 20.3 Å². The van der Waals surface area contributed by atoms with Gasteiger partial charge in [-0.1, -0.05) is 6.92 Å². The molecule has 1 aromatic heterocycles. The number of hydrogen-bond acceptors (Lipinski definition) is 3. The van der Waals surface area contributed by atoms with E-state index in [4.69, 9.17) is 0 Å². The average molecular weight is 165 g/mol. The molecular weight excluding hydrogens is 154 g/mol. The van der Waals surface area contributed by atoms with Gasteiger partial charge in [0.15, 0.2) is 5.82 Å². The average Bonchev–Trinajstić information content (AvgIpc) is 2.09. The van der Waals surface area contributed by atoms with Crippen molar-refractivity contribution in [1.82, 2.24) is 10.2 Å². The number of carbonyl (C=O) groups excluding carboxylic acids is 1. The molecule has 0 aliphatic carbocycles. The maximum Gasteiger partial charge on any atom is 0.225 e. The van der Waals surface area contributed by atoms with Crippen LogP contribution in [0.25, 0.3) is 0 Å². The number of anilines is 1. The highest BCUT2D eigenvalue weighted by Gasteiger charge is 1.98. The standard InChI is InChI=1S/C8H11N3O/c1-3-8(12)9-7-5-4-6(2)10-11-7/h4-5H,3H2,1-2H3,(H,9,11,12). The Labute approximate surface area is 71.0 Å². The largest absolute Gasteiger partial charge is 0.309 e. The summed E-state index contributed by atoms with van der Waals surface area (Å²) in [6, 6.07) is 3.54. The van der Waals surface area contributed by atoms with Crippen LogP contribution in [-0.2, 0) is 4.79 Å². The van der Waals surface area contributed by atoms with E-state index in [-0.39, 0.29) is 5.91 Å². The molecule has 1 N–H and O–H groups in total. The third-order valence-electron chi connectivity index (χ3n) is 1.39. The summed E-state index contributed by atoms with van der Waals surface area (Å²) in [7, 11) is 0. The van der Waals surface area contributed by atoms with Crippen molar-refractivity contribution in [3.8, 4) is 0 Å². The predicted octanol–water partition coefficient (Wildman–Crippen LogP) is 1.13. The van der Waals surface area contributed by atoms with Crippen LogP contribution in [0.5, 0.6) is 0 Å². The molecule has 64 valence electrons. The first-order chi connectivity index (χ1) is 5.72. The molecule has 0 radical (unpaired) electrons. The van der Waals surface area contributed by atoms with E-state index in [9.17, 15) is 4.79 Å². The fourth-order valence-corrected chi connectivity index (χ4v) is 0.697. The molecule has 0 aliphatic rings. The van der Waals surface area contributed by atoms with Gasteiger partial charge in [-0.15, -0.1) is 5.10 Å². The lowest BCUT2D eigenvalue weighted by Crippen LogP contribution is -2.11. The zero-order chi connectivity index (χ0) is 8.97. The Morgan fingerprint density at radius 3 is 2.75 bits per heavy atom. The normalized spacial score (nSPS) is 9.50. The molecule has 0 saturated heterocycles. The second-order valence-corrected chi connectivity index (χ2v) is 2.46. The minimum absolute atomic E-state index is 0.0480. The van der Waals surface area contributed by atoms with E-state index in [1.807, 2.05) is 6.92 Å². The van der Waals surface area contributed by atoms with Crippen LogP contribution in [0.3, 0.4) is 0 Å². The number of aromatic nitrogens is 2. The summed E-state index contributed by atoms with van der Waals surface area (Å²) in [5, 5.41) is 10.2. The Morgan fingerprint density at radius 1 is 1.50 bits per heavy atom. The lowest BCUT2D eigenvalue weighted by atomic mass is 10.4. The number of nitrogens with zero attached hydrogens (tertiary/aromatic N) is 2. The van der Waals surface area contributed by atoms with Crippen LogP contribution in [0.1, 0.15) is 19.0 Å². The van der Waals surface area contributed by atoms with E-state index in [2.05, 4.69) is 15.5 Å². The highest BCUT2D eigenvalue weighted by atomic mass is 16.1. The molecule has 0 atom stereocenters. The molecule has 1 aromatic rings. The molecule has 12 heavy (non-hydrogen) atoms. The highest BCUT2D eigenvalue weighted by molar-refractivity contribution is 5.89. The first kappa shape index (κ1) is 8.64. The Morgan fingerprint density at radius 2 is 2.25 bits per heavy atom. The molecule has 0 fully saturated rings. The van der Waals surface area contributed by atoms with Gasteiger partial charge >= 0.3 is 0 Å². The van der Waals surface area contributed by atoms with Crippen LogP contribution < -0.4 is 5.32 Å². The van der Waals surface area contributed by atoms with E-state index in [1.165, 1.54) is 0 Å². The summed E-state index contributed by atoms with van der Waals surface area (Å²) in [6.45, 7) is 3.63. The van der Waals surface area contributed by atoms with E-state index >= 15 is 0 Å². The SMILES string of the molecule is CCC(=O)Nc1ccc(C)nn1. The fraction of sp³-hybridized carbons (Fsp3) is 0.375. The zero-order valence-corrected chi connectivity index (χ0v) is 7.16. The smallest absolute Gasteiger partial charge is 0.225 e. The molecular formula is C8H11N3O. The van der Waals surface area contributed by atoms with Crippen molar-refractivity contribution < 1.29 is 4.79 Å². The van der Waals surface area contributed by atoms with Crippen LogP contribution in [0.2, 0.25) is 0 Å². The maximum atomic E-state index is 10.9. The molecule has 0 saturated carbocycles. The van der Waals surface area contributed by atoms with Gasteiger partial charge in [0.05, 0.1) is 5.69 Å². The van der Waals surface area contributed by atoms with Crippen LogP contribution >= 0.6 is 0 Å². The van der Waals surface area contributed by atoms with Crippen LogP contribution in [0.4, 0.5) is 5.82 Å². The van der Waals surface area contributed by atoms with E-state index in [0.29, 0.717) is 12.2 Å². The first-order valence-electron chi connectivity index (χ1n) is 3.82. The predicted molar refractivity (Wildman–Crippen MR) is 45.7 cm³/mol. The van der Waals surface area contributed by atoms with Gasteiger partial charge in [0.1, 0.15) is 0 Å². The summed E-state index contributed by atoms with van der Waals surface area (Å²) in [6.07, 6.45) is 0.454. The van der Waals surface area contributed by atoms with Crippen LogP contribution in [-0.4, -0.2) is 16.1 Å². The molecule has 0 spiro atoms. The first-order valence-corrected chi connectivity index (χ1v) is 3.82. The fourth-order valence-electron chi connectivity index (χ4n) is 0.697. The van der Waals surface area contributed by atoms with Crippen molar-refractivity contribution >= 4 is 11.7 Å². The van der Waals surface area contributed by atoms with E-state index in [1.54, 1.807) is 19.1 Å². The lowest BCUT2D eigenvalue weighted by molar-refractivity contribution is -0.115. The summed E-state index contributed by atoms with van der Waals surface area (Å²) in [5.74, 6) is 0.459. The molecule has 1 amide bonds. The van der Waals surface area contributed by atoms with E-state index in [0.717, 1.165) is 5.69 Å². The van der Waals surface area contributed by atoms with Gasteiger partial charge in [-0.2, -0.15) is 5.10 Å². The van der Waals surface area contributed by atoms with Crippen LogP contribution in [0, 0.1) is 6.92 Å². The van der Waals surface area contributed by atoms with Crippen molar-refractivity contribution in [3.05, 3.63) is 17.8 Å². The van der Waals surface area contributed by atoms with Crippen molar-refractivity contribution in [2.75, 3.05) is 5.32 Å². The third kappa shape index (κ3) is 2.30. The van der Waals surface area contributed by atoms with Gasteiger partial charge in [0.2, 0.25) is 5.91 Å². The van der Waals surface area contributed by atoms with Gasteiger partial charge in [-0.3, -0.25) is 4.79 Å². The summed E-state index contributed by atoms with van der Waals surface area (Å²) in [5.41, 5.74) is 0.837. The number of hydrogen-bond donors (Lipinski definition) is 1. The molecule has 0 bridgehead atoms. The highest BCUT2D eigenvalue weighted by Crippen LogP contribution is 2.00. The summed E-state index contributed by atoms with van der Waals surface area (Å²) < 4.78 is 0. The molecule has 1 heterocycles. The lowest BCUT2D eigenvalue weighted by Gasteiger charge is -2.00. The van der Waals surface area contributed by atoms with Crippen LogP contribution in [0.15, 0.2) is 12.1 Å². The number of carbonyl (C=O) groups is 1. The number of rotatable bonds is 2. The molecule has 4 nitrogen and oxygen atoms in total. The second-order valence-electron chi connectivity index (χ2n) is 2.46. The molecule has 1 rings (SSSR count). The van der Waals surface area contributed by atoms with Crippen molar-refractivity contribution in [3.63, 3.8) is 0 Å². The molecule has 0 aromatic carbocycles. The van der Waals surface area contributed by atoms with Gasteiger partial charge in [-0.25, -0.2) is 0 Å². The summed E-state index contributed by atoms with van der Waals surface area (Å²) >= 11 is 0. The number of aryl methyl sites for hydroxylation is 1. The Hall–Kier alpha value is -1.45. The van der Waals surface area contributed by atoms with Gasteiger partial charge in [0, 0.05) is 6.42 Å². The maximum absolute atomic E-state index is 10.9. The van der Waals surface area contributed by atoms with Crippen molar-refractivity contribution in [1.29, 1.82) is 0 Å². The van der Waals surface area contributed by atoms with Crippen molar-refractivity contribution in [2.24, 2.45) is 0 Å². The number of amides is 1. The van der Waals surface area contributed by atoms with Gasteiger partial charge in [-0.05, 0) is 19.1 Å². The molecule has 4 heteroatoms. The Bertz CT molecular complexity index is 268. The summed E-state index contributed by atoms with van der Waals surface area (Å²) in [4.78, 5) is 10.9. The minimum atomic E-state index is -0.0480. The molecule has 0 aliphatic heterocycles. The van der Waals surface area contributed by atoms with Gasteiger partial charge in [0.25, 0.3) is 0 Å².